The number of methoxy groups -OCH3 is 1. The van der Waals surface area contributed by atoms with Crippen molar-refractivity contribution >= 4 is 5.78 Å². The Morgan fingerprint density at radius 2 is 2.09 bits per heavy atom. The van der Waals surface area contributed by atoms with Crippen LogP contribution in [0.15, 0.2) is 35.4 Å². The van der Waals surface area contributed by atoms with Crippen molar-refractivity contribution in [2.45, 2.75) is 30.8 Å². The van der Waals surface area contributed by atoms with Gasteiger partial charge in [0, 0.05) is 17.6 Å². The Morgan fingerprint density at radius 1 is 1.32 bits per heavy atom. The second kappa shape index (κ2) is 6.43. The highest BCUT2D eigenvalue weighted by Crippen LogP contribution is 2.33. The minimum absolute atomic E-state index is 0.193. The number of azide groups is 1. The highest BCUT2D eigenvalue weighted by molar-refractivity contribution is 5.90. The van der Waals surface area contributed by atoms with Gasteiger partial charge in [0.1, 0.15) is 18.2 Å². The molecule has 22 heavy (non-hydrogen) atoms. The van der Waals surface area contributed by atoms with Gasteiger partial charge < -0.3 is 18.9 Å². The molecule has 0 bridgehead atoms. The normalized spacial score (nSPS) is 34.6. The highest BCUT2D eigenvalue weighted by Gasteiger charge is 2.49. The topological polar surface area (TPSA) is 103 Å². The molecule has 2 aliphatic heterocycles. The van der Waals surface area contributed by atoms with Crippen LogP contribution < -0.4 is 0 Å². The molecule has 5 atom stereocenters. The maximum atomic E-state index is 12.5. The van der Waals surface area contributed by atoms with E-state index in [0.29, 0.717) is 0 Å². The molecule has 2 aliphatic rings. The van der Waals surface area contributed by atoms with E-state index in [4.69, 9.17) is 24.5 Å². The first kappa shape index (κ1) is 15.0. The van der Waals surface area contributed by atoms with Crippen molar-refractivity contribution in [3.63, 3.8) is 0 Å². The SMILES string of the molecule is CO[C@H]1O[C@H]2CO[C@H](c3ccccc3)O[C@H]2C(=O)[C@H]1N=[N+]=[N-]. The Morgan fingerprint density at radius 3 is 2.77 bits per heavy atom. The van der Waals surface area contributed by atoms with Gasteiger partial charge >= 0.3 is 0 Å². The summed E-state index contributed by atoms with van der Waals surface area (Å²) in [6.45, 7) is 0.193. The van der Waals surface area contributed by atoms with E-state index in [1.807, 2.05) is 30.3 Å². The Balaban J connectivity index is 1.80. The Bertz CT molecular complexity index is 589. The van der Waals surface area contributed by atoms with Crippen LogP contribution in [0.2, 0.25) is 0 Å². The second-order valence-corrected chi connectivity index (χ2v) is 4.96. The molecule has 0 amide bonds. The molecular weight excluding hydrogens is 290 g/mol. The lowest BCUT2D eigenvalue weighted by atomic mass is 9.98. The number of carbonyl (C=O) groups excluding carboxylic acids is 1. The molecular formula is C14H15N3O5. The predicted octanol–water partition coefficient (Wildman–Crippen LogP) is 1.72. The number of rotatable bonds is 3. The van der Waals surface area contributed by atoms with Crippen LogP contribution in [0, 0.1) is 0 Å². The molecule has 0 spiro atoms. The second-order valence-electron chi connectivity index (χ2n) is 4.96. The van der Waals surface area contributed by atoms with Gasteiger partial charge in [0.15, 0.2) is 18.4 Å². The number of fused-ring (bicyclic) bond motifs is 1. The Kier molecular flexibility index (Phi) is 4.37. The number of benzene rings is 1. The zero-order chi connectivity index (χ0) is 15.5. The van der Waals surface area contributed by atoms with Crippen molar-refractivity contribution in [1.29, 1.82) is 0 Å². The smallest absolute Gasteiger partial charge is 0.184 e. The molecule has 116 valence electrons. The number of Topliss-reactive ketones (excluding diaryl/α,β-unsaturated/α-hetero) is 1. The molecule has 8 nitrogen and oxygen atoms in total. The average molecular weight is 305 g/mol. The first-order valence-electron chi connectivity index (χ1n) is 6.83. The number of ketones is 1. The third kappa shape index (κ3) is 2.70. The quantitative estimate of drug-likeness (QED) is 0.480. The number of nitrogens with zero attached hydrogens (tertiary/aromatic N) is 3. The fourth-order valence-corrected chi connectivity index (χ4v) is 2.58. The Labute approximate surface area is 126 Å². The molecule has 0 unspecified atom stereocenters. The molecule has 2 saturated heterocycles. The van der Waals surface area contributed by atoms with Crippen LogP contribution >= 0.6 is 0 Å². The lowest BCUT2D eigenvalue weighted by Gasteiger charge is -2.42. The molecule has 8 heteroatoms. The summed E-state index contributed by atoms with van der Waals surface area (Å²) in [5.74, 6) is -0.356. The summed E-state index contributed by atoms with van der Waals surface area (Å²) in [4.78, 5) is 15.2. The van der Waals surface area contributed by atoms with Crippen LogP contribution in [-0.2, 0) is 23.7 Å². The van der Waals surface area contributed by atoms with E-state index in [2.05, 4.69) is 10.0 Å². The Hall–Kier alpha value is -1.96. The lowest BCUT2D eigenvalue weighted by Crippen LogP contribution is -2.59. The molecule has 0 aliphatic carbocycles. The standard InChI is InChI=1S/C14H15N3O5/c1-19-14-10(16-17-15)11(18)12-9(21-14)7-20-13(22-12)8-5-3-2-4-6-8/h2-6,9-10,12-14H,7H2,1H3/t9-,10+,12+,13-,14-/m0/s1. The van der Waals surface area contributed by atoms with Crippen molar-refractivity contribution in [2.75, 3.05) is 13.7 Å². The minimum Gasteiger partial charge on any atom is -0.355 e. The van der Waals surface area contributed by atoms with E-state index in [-0.39, 0.29) is 12.4 Å². The van der Waals surface area contributed by atoms with Crippen molar-refractivity contribution in [3.05, 3.63) is 46.3 Å². The number of hydrogen-bond acceptors (Lipinski definition) is 6. The summed E-state index contributed by atoms with van der Waals surface area (Å²) in [6.07, 6.45) is -3.01. The van der Waals surface area contributed by atoms with Gasteiger partial charge in [-0.1, -0.05) is 35.4 Å². The number of carbonyl (C=O) groups is 1. The number of ether oxygens (including phenoxy) is 4. The zero-order valence-corrected chi connectivity index (χ0v) is 11.9. The van der Waals surface area contributed by atoms with E-state index in [9.17, 15) is 4.79 Å². The van der Waals surface area contributed by atoms with Crippen molar-refractivity contribution in [1.82, 2.24) is 0 Å². The summed E-state index contributed by atoms with van der Waals surface area (Å²) in [6, 6.07) is 8.23. The molecule has 0 aromatic heterocycles. The van der Waals surface area contributed by atoms with Crippen LogP contribution in [0.25, 0.3) is 10.4 Å². The van der Waals surface area contributed by atoms with Gasteiger partial charge in [-0.3, -0.25) is 4.79 Å². The minimum atomic E-state index is -1.06. The van der Waals surface area contributed by atoms with E-state index in [0.717, 1.165) is 5.56 Å². The first-order valence-corrected chi connectivity index (χ1v) is 6.83. The summed E-state index contributed by atoms with van der Waals surface area (Å²) in [7, 11) is 1.38. The molecule has 2 heterocycles. The maximum Gasteiger partial charge on any atom is 0.184 e. The molecule has 3 rings (SSSR count). The summed E-state index contributed by atoms with van der Waals surface area (Å²) < 4.78 is 22.0. The van der Waals surface area contributed by atoms with Crippen molar-refractivity contribution in [3.8, 4) is 0 Å². The van der Waals surface area contributed by atoms with E-state index in [1.54, 1.807) is 0 Å². The summed E-state index contributed by atoms with van der Waals surface area (Å²) in [5.41, 5.74) is 9.41. The van der Waals surface area contributed by atoms with E-state index >= 15 is 0 Å². The van der Waals surface area contributed by atoms with Crippen LogP contribution in [0.3, 0.4) is 0 Å². The summed E-state index contributed by atoms with van der Waals surface area (Å²) >= 11 is 0. The van der Waals surface area contributed by atoms with Crippen molar-refractivity contribution < 1.29 is 23.7 Å². The zero-order valence-electron chi connectivity index (χ0n) is 11.9. The average Bonchev–Trinajstić information content (AvgIpc) is 2.58. The lowest BCUT2D eigenvalue weighted by molar-refractivity contribution is -0.301. The third-order valence-electron chi connectivity index (χ3n) is 3.64. The molecule has 2 fully saturated rings. The van der Waals surface area contributed by atoms with Crippen LogP contribution in [0.1, 0.15) is 11.9 Å². The molecule has 0 saturated carbocycles. The summed E-state index contributed by atoms with van der Waals surface area (Å²) in [5, 5.41) is 3.47. The van der Waals surface area contributed by atoms with Gasteiger partial charge in [0.2, 0.25) is 0 Å². The monoisotopic (exact) mass is 305 g/mol. The molecule has 1 aromatic rings. The molecule has 0 N–H and O–H groups in total. The van der Waals surface area contributed by atoms with Crippen LogP contribution in [0.4, 0.5) is 0 Å². The fraction of sp³-hybridized carbons (Fsp3) is 0.500. The highest BCUT2D eigenvalue weighted by atomic mass is 16.7. The fourth-order valence-electron chi connectivity index (χ4n) is 2.58. The van der Waals surface area contributed by atoms with Gasteiger partial charge in [-0.25, -0.2) is 0 Å². The maximum absolute atomic E-state index is 12.5. The van der Waals surface area contributed by atoms with Gasteiger partial charge in [-0.15, -0.1) is 0 Å². The van der Waals surface area contributed by atoms with E-state index < -0.39 is 30.8 Å². The predicted molar refractivity (Wildman–Crippen MR) is 73.6 cm³/mol. The van der Waals surface area contributed by atoms with Crippen LogP contribution in [-0.4, -0.2) is 44.0 Å². The van der Waals surface area contributed by atoms with Crippen molar-refractivity contribution in [2.24, 2.45) is 5.11 Å². The van der Waals surface area contributed by atoms with Gasteiger partial charge in [-0.2, -0.15) is 0 Å². The largest absolute Gasteiger partial charge is 0.355 e. The van der Waals surface area contributed by atoms with Gasteiger partial charge in [0.25, 0.3) is 0 Å². The van der Waals surface area contributed by atoms with Gasteiger partial charge in [0.05, 0.1) is 6.61 Å². The van der Waals surface area contributed by atoms with Gasteiger partial charge in [-0.05, 0) is 5.53 Å². The molecule has 1 aromatic carbocycles. The first-order chi connectivity index (χ1) is 10.7. The molecule has 0 radical (unpaired) electrons. The van der Waals surface area contributed by atoms with Crippen LogP contribution in [0.5, 0.6) is 0 Å². The van der Waals surface area contributed by atoms with E-state index in [1.165, 1.54) is 7.11 Å². The third-order valence-corrected chi connectivity index (χ3v) is 3.64. The number of hydrogen-bond donors (Lipinski definition) is 0.